The zero-order valence-corrected chi connectivity index (χ0v) is 10.7. The number of hydrogen-bond donors (Lipinski definition) is 1. The average Bonchev–Trinajstić information content (AvgIpc) is 2.01. The molecular formula is C11H18Cl2N2. The van der Waals surface area contributed by atoms with Crippen LogP contribution in [0.15, 0.2) is 24.3 Å². The quantitative estimate of drug-likeness (QED) is 0.886. The summed E-state index contributed by atoms with van der Waals surface area (Å²) in [5.74, 6) is 0. The minimum absolute atomic E-state index is 0. The van der Waals surface area contributed by atoms with Gasteiger partial charge >= 0.3 is 0 Å². The molecule has 0 aliphatic heterocycles. The molecule has 0 saturated heterocycles. The van der Waals surface area contributed by atoms with Gasteiger partial charge in [0.05, 0.1) is 0 Å². The molecule has 0 aliphatic rings. The maximum absolute atomic E-state index is 5.97. The fourth-order valence-electron chi connectivity index (χ4n) is 1.50. The Kier molecular flexibility index (Phi) is 6.94. The van der Waals surface area contributed by atoms with Crippen LogP contribution in [-0.4, -0.2) is 31.6 Å². The van der Waals surface area contributed by atoms with Crippen LogP contribution in [0.3, 0.4) is 0 Å². The molecule has 0 amide bonds. The summed E-state index contributed by atoms with van der Waals surface area (Å²) in [5, 5.41) is 0.777. The normalized spacial score (nSPS) is 12.3. The third kappa shape index (κ3) is 6.00. The minimum Gasteiger partial charge on any atom is -0.326 e. The number of likely N-dealkylation sites (N-methyl/N-ethyl adjacent to an activating group) is 1. The first kappa shape index (κ1) is 14.7. The van der Waals surface area contributed by atoms with E-state index in [2.05, 4.69) is 11.0 Å². The first-order valence-corrected chi connectivity index (χ1v) is 5.10. The van der Waals surface area contributed by atoms with Crippen molar-refractivity contribution in [1.29, 1.82) is 0 Å². The lowest BCUT2D eigenvalue weighted by Crippen LogP contribution is -2.34. The highest BCUT2D eigenvalue weighted by molar-refractivity contribution is 6.30. The molecule has 0 spiro atoms. The van der Waals surface area contributed by atoms with E-state index < -0.39 is 0 Å². The first-order valence-electron chi connectivity index (χ1n) is 4.72. The molecule has 0 saturated carbocycles. The number of hydrogen-bond acceptors (Lipinski definition) is 2. The van der Waals surface area contributed by atoms with Crippen molar-refractivity contribution >= 4 is 24.0 Å². The van der Waals surface area contributed by atoms with E-state index in [-0.39, 0.29) is 18.4 Å². The van der Waals surface area contributed by atoms with Gasteiger partial charge in [-0.15, -0.1) is 12.4 Å². The van der Waals surface area contributed by atoms with Gasteiger partial charge in [0.1, 0.15) is 0 Å². The maximum Gasteiger partial charge on any atom is 0.0408 e. The number of nitrogens with zero attached hydrogens (tertiary/aromatic N) is 1. The van der Waals surface area contributed by atoms with Crippen LogP contribution in [0.25, 0.3) is 0 Å². The summed E-state index contributed by atoms with van der Waals surface area (Å²) in [7, 11) is 4.05. The fraction of sp³-hybridized carbons (Fsp3) is 0.455. The predicted octanol–water partition coefficient (Wildman–Crippen LogP) is 2.19. The Balaban J connectivity index is 0.00000196. The van der Waals surface area contributed by atoms with Crippen LogP contribution >= 0.6 is 24.0 Å². The number of halogens is 2. The Morgan fingerprint density at radius 2 is 2.07 bits per heavy atom. The number of benzene rings is 1. The van der Waals surface area contributed by atoms with Gasteiger partial charge in [0.2, 0.25) is 0 Å². The smallest absolute Gasteiger partial charge is 0.0408 e. The van der Waals surface area contributed by atoms with Crippen molar-refractivity contribution < 1.29 is 0 Å². The summed E-state index contributed by atoms with van der Waals surface area (Å²) in [6, 6.07) is 8.03. The zero-order chi connectivity index (χ0) is 10.6. The molecule has 1 aromatic rings. The Bertz CT molecular complexity index is 290. The third-order valence-electron chi connectivity index (χ3n) is 1.99. The van der Waals surface area contributed by atoms with Gasteiger partial charge in [0.15, 0.2) is 0 Å². The van der Waals surface area contributed by atoms with Crippen molar-refractivity contribution in [2.75, 3.05) is 20.6 Å². The topological polar surface area (TPSA) is 29.3 Å². The Morgan fingerprint density at radius 3 is 2.60 bits per heavy atom. The van der Waals surface area contributed by atoms with Crippen LogP contribution in [0, 0.1) is 0 Å². The predicted molar refractivity (Wildman–Crippen MR) is 68.9 cm³/mol. The van der Waals surface area contributed by atoms with Crippen LogP contribution < -0.4 is 5.73 Å². The second kappa shape index (κ2) is 7.07. The van der Waals surface area contributed by atoms with Crippen LogP contribution in [0.4, 0.5) is 0 Å². The molecule has 1 rings (SSSR count). The molecule has 0 radical (unpaired) electrons. The first-order chi connectivity index (χ1) is 6.58. The molecule has 1 atom stereocenters. The van der Waals surface area contributed by atoms with Gasteiger partial charge in [-0.05, 0) is 38.2 Å². The van der Waals surface area contributed by atoms with Crippen molar-refractivity contribution in [1.82, 2.24) is 4.90 Å². The van der Waals surface area contributed by atoms with E-state index in [9.17, 15) is 0 Å². The van der Waals surface area contributed by atoms with E-state index in [4.69, 9.17) is 17.3 Å². The molecule has 0 heterocycles. The molecule has 0 aliphatic carbocycles. The minimum atomic E-state index is 0. The van der Waals surface area contributed by atoms with E-state index in [0.29, 0.717) is 0 Å². The van der Waals surface area contributed by atoms with Crippen LogP contribution in [-0.2, 0) is 6.42 Å². The molecule has 2 nitrogen and oxygen atoms in total. The molecule has 86 valence electrons. The second-order valence-electron chi connectivity index (χ2n) is 3.86. The van der Waals surface area contributed by atoms with E-state index in [1.54, 1.807) is 0 Å². The molecule has 0 unspecified atom stereocenters. The van der Waals surface area contributed by atoms with Crippen molar-refractivity contribution in [3.63, 3.8) is 0 Å². The Hall–Kier alpha value is -0.280. The summed E-state index contributed by atoms with van der Waals surface area (Å²) in [5.41, 5.74) is 7.17. The van der Waals surface area contributed by atoms with Gasteiger partial charge in [-0.1, -0.05) is 23.7 Å². The summed E-state index contributed by atoms with van der Waals surface area (Å²) in [6.45, 7) is 0.895. The van der Waals surface area contributed by atoms with E-state index in [0.717, 1.165) is 18.0 Å². The summed E-state index contributed by atoms with van der Waals surface area (Å²) in [4.78, 5) is 2.09. The van der Waals surface area contributed by atoms with Gasteiger partial charge < -0.3 is 10.6 Å². The van der Waals surface area contributed by atoms with Crippen LogP contribution in [0.5, 0.6) is 0 Å². The van der Waals surface area contributed by atoms with Crippen LogP contribution in [0.1, 0.15) is 5.56 Å². The Labute approximate surface area is 103 Å². The van der Waals surface area contributed by atoms with E-state index in [1.165, 1.54) is 5.56 Å². The Morgan fingerprint density at radius 1 is 1.40 bits per heavy atom. The molecule has 0 aromatic heterocycles. The maximum atomic E-state index is 5.97. The monoisotopic (exact) mass is 248 g/mol. The number of nitrogens with two attached hydrogens (primary N) is 1. The SMILES string of the molecule is CN(C)C[C@@H](N)Cc1cccc(Cl)c1.Cl. The summed E-state index contributed by atoms with van der Waals surface area (Å²) < 4.78 is 0. The van der Waals surface area contributed by atoms with Crippen molar-refractivity contribution in [3.8, 4) is 0 Å². The largest absolute Gasteiger partial charge is 0.326 e. The lowest BCUT2D eigenvalue weighted by atomic mass is 10.1. The lowest BCUT2D eigenvalue weighted by Gasteiger charge is -2.16. The van der Waals surface area contributed by atoms with Gasteiger partial charge in [0, 0.05) is 17.6 Å². The number of rotatable bonds is 4. The highest BCUT2D eigenvalue weighted by Gasteiger charge is 2.05. The van der Waals surface area contributed by atoms with Crippen molar-refractivity contribution in [2.24, 2.45) is 5.73 Å². The van der Waals surface area contributed by atoms with Gasteiger partial charge in [-0.25, -0.2) is 0 Å². The summed E-state index contributed by atoms with van der Waals surface area (Å²) in [6.07, 6.45) is 0.874. The van der Waals surface area contributed by atoms with E-state index >= 15 is 0 Å². The fourth-order valence-corrected chi connectivity index (χ4v) is 1.71. The average molecular weight is 249 g/mol. The molecule has 1 aromatic carbocycles. The molecule has 2 N–H and O–H groups in total. The summed E-state index contributed by atoms with van der Waals surface area (Å²) >= 11 is 5.88. The lowest BCUT2D eigenvalue weighted by molar-refractivity contribution is 0.371. The molecule has 15 heavy (non-hydrogen) atoms. The molecular weight excluding hydrogens is 231 g/mol. The van der Waals surface area contributed by atoms with Crippen molar-refractivity contribution in [3.05, 3.63) is 34.9 Å². The van der Waals surface area contributed by atoms with E-state index in [1.807, 2.05) is 32.3 Å². The standard InChI is InChI=1S/C11H17ClN2.ClH/c1-14(2)8-11(13)7-9-4-3-5-10(12)6-9;/h3-6,11H,7-8,13H2,1-2H3;1H/t11-;/m0./s1. The van der Waals surface area contributed by atoms with Crippen LogP contribution in [0.2, 0.25) is 5.02 Å². The van der Waals surface area contributed by atoms with Gasteiger partial charge in [-0.2, -0.15) is 0 Å². The zero-order valence-electron chi connectivity index (χ0n) is 9.11. The molecule has 0 bridgehead atoms. The van der Waals surface area contributed by atoms with Gasteiger partial charge in [0.25, 0.3) is 0 Å². The molecule has 4 heteroatoms. The highest BCUT2D eigenvalue weighted by atomic mass is 35.5. The third-order valence-corrected chi connectivity index (χ3v) is 2.22. The van der Waals surface area contributed by atoms with Crippen molar-refractivity contribution in [2.45, 2.75) is 12.5 Å². The molecule has 0 fully saturated rings. The second-order valence-corrected chi connectivity index (χ2v) is 4.29. The highest BCUT2D eigenvalue weighted by Crippen LogP contribution is 2.11. The van der Waals surface area contributed by atoms with Gasteiger partial charge in [-0.3, -0.25) is 0 Å².